The molecule has 12 heteroatoms. The third-order valence-corrected chi connectivity index (χ3v) is 9.38. The van der Waals surface area contributed by atoms with Crippen LogP contribution in [0.4, 0.5) is 4.79 Å². The summed E-state index contributed by atoms with van der Waals surface area (Å²) in [6.45, 7) is 13.6. The van der Waals surface area contributed by atoms with Crippen LogP contribution in [-0.4, -0.2) is 78.3 Å². The van der Waals surface area contributed by atoms with Crippen LogP contribution in [0, 0.1) is 29.6 Å². The number of aryl methyl sites for hydroxylation is 1. The van der Waals surface area contributed by atoms with E-state index in [-0.39, 0.29) is 36.8 Å². The summed E-state index contributed by atoms with van der Waals surface area (Å²) < 4.78 is 29.1. The molecule has 2 heterocycles. The molecule has 2 amide bonds. The monoisotopic (exact) mass is 664 g/mol. The minimum atomic E-state index is -0.980. The molecule has 3 fully saturated rings. The van der Waals surface area contributed by atoms with Gasteiger partial charge in [-0.2, -0.15) is 0 Å². The van der Waals surface area contributed by atoms with Gasteiger partial charge in [0.05, 0.1) is 31.7 Å². The SMILES string of the molecule is C=CC1C[C@@H]1C(=O)OC(=N)[C@@H]1CC(Oc2cc(OCC)nc3c(C)c(OC)ccc23)CN1C(=O)[C@@H](NC(=O)OC1CCCC1)C(C)(C)C. The summed E-state index contributed by atoms with van der Waals surface area (Å²) in [5, 5.41) is 12.4. The maximum atomic E-state index is 14.4. The maximum absolute atomic E-state index is 14.4. The van der Waals surface area contributed by atoms with Crippen LogP contribution >= 0.6 is 0 Å². The number of alkyl carbamates (subject to hydrolysis) is 1. The fourth-order valence-electron chi connectivity index (χ4n) is 6.57. The summed E-state index contributed by atoms with van der Waals surface area (Å²) in [4.78, 5) is 46.4. The number of nitrogens with zero attached hydrogens (tertiary/aromatic N) is 2. The summed E-state index contributed by atoms with van der Waals surface area (Å²) in [7, 11) is 1.60. The Morgan fingerprint density at radius 3 is 2.50 bits per heavy atom. The van der Waals surface area contributed by atoms with Gasteiger partial charge in [-0.3, -0.25) is 15.0 Å². The fraction of sp³-hybridized carbons (Fsp3) is 0.583. The largest absolute Gasteiger partial charge is 0.496 e. The number of carbonyl (C=O) groups excluding carboxylic acids is 3. The Bertz CT molecular complexity index is 1560. The third-order valence-electron chi connectivity index (χ3n) is 9.38. The Balaban J connectivity index is 1.43. The van der Waals surface area contributed by atoms with E-state index in [1.54, 1.807) is 19.3 Å². The molecule has 1 aromatic carbocycles. The van der Waals surface area contributed by atoms with Crippen molar-refractivity contribution in [1.82, 2.24) is 15.2 Å². The molecule has 260 valence electrons. The molecule has 48 heavy (non-hydrogen) atoms. The first-order chi connectivity index (χ1) is 22.8. The van der Waals surface area contributed by atoms with E-state index < -0.39 is 41.6 Å². The summed E-state index contributed by atoms with van der Waals surface area (Å²) in [6.07, 6.45) is 4.69. The zero-order valence-corrected chi connectivity index (χ0v) is 28.8. The molecule has 2 aromatic rings. The molecule has 2 N–H and O–H groups in total. The first kappa shape index (κ1) is 35.0. The van der Waals surface area contributed by atoms with Gasteiger partial charge in [-0.05, 0) is 69.4 Å². The van der Waals surface area contributed by atoms with Crippen molar-refractivity contribution < 1.29 is 38.1 Å². The number of allylic oxidation sites excluding steroid dienone is 1. The van der Waals surface area contributed by atoms with E-state index >= 15 is 0 Å². The van der Waals surface area contributed by atoms with E-state index in [4.69, 9.17) is 29.1 Å². The highest BCUT2D eigenvalue weighted by molar-refractivity contribution is 5.96. The summed E-state index contributed by atoms with van der Waals surface area (Å²) in [5.74, 6) is -0.0753. The van der Waals surface area contributed by atoms with E-state index in [0.717, 1.165) is 36.6 Å². The second kappa shape index (κ2) is 14.4. The molecule has 5 rings (SSSR count). The maximum Gasteiger partial charge on any atom is 0.408 e. The second-order valence-corrected chi connectivity index (χ2v) is 13.9. The number of hydrogen-bond donors (Lipinski definition) is 2. The lowest BCUT2D eigenvalue weighted by molar-refractivity contribution is -0.140. The van der Waals surface area contributed by atoms with Crippen LogP contribution in [0.25, 0.3) is 10.9 Å². The number of nitrogens with one attached hydrogen (secondary N) is 2. The number of hydrogen-bond acceptors (Lipinski definition) is 10. The third kappa shape index (κ3) is 7.68. The Kier molecular flexibility index (Phi) is 10.5. The molecule has 1 aliphatic heterocycles. The molecule has 2 aliphatic carbocycles. The summed E-state index contributed by atoms with van der Waals surface area (Å²) in [5.41, 5.74) is 0.764. The number of benzene rings is 1. The second-order valence-electron chi connectivity index (χ2n) is 13.9. The van der Waals surface area contributed by atoms with Crippen LogP contribution in [0.15, 0.2) is 30.9 Å². The number of amides is 2. The molecule has 2 unspecified atom stereocenters. The van der Waals surface area contributed by atoms with Crippen molar-refractivity contribution in [3.63, 3.8) is 0 Å². The molecule has 0 spiro atoms. The lowest BCUT2D eigenvalue weighted by Gasteiger charge is -2.35. The number of fused-ring (bicyclic) bond motifs is 1. The molecule has 12 nitrogen and oxygen atoms in total. The van der Waals surface area contributed by atoms with Crippen LogP contribution in [0.3, 0.4) is 0 Å². The summed E-state index contributed by atoms with van der Waals surface area (Å²) in [6, 6.07) is 3.52. The molecule has 5 atom stereocenters. The number of pyridine rings is 1. The number of ether oxygens (including phenoxy) is 5. The quantitative estimate of drug-likeness (QED) is 0.133. The van der Waals surface area contributed by atoms with E-state index in [1.807, 2.05) is 46.8 Å². The van der Waals surface area contributed by atoms with Gasteiger partial charge in [0, 0.05) is 23.4 Å². The first-order valence-electron chi connectivity index (χ1n) is 16.8. The minimum absolute atomic E-state index is 0.0182. The molecule has 1 saturated heterocycles. The van der Waals surface area contributed by atoms with Crippen LogP contribution in [-0.2, 0) is 19.1 Å². The van der Waals surface area contributed by atoms with Crippen LogP contribution in [0.1, 0.15) is 71.8 Å². The average molecular weight is 665 g/mol. The lowest BCUT2D eigenvalue weighted by atomic mass is 9.85. The van der Waals surface area contributed by atoms with Crippen molar-refractivity contribution in [3.05, 3.63) is 36.4 Å². The predicted octanol–water partition coefficient (Wildman–Crippen LogP) is 5.72. The van der Waals surface area contributed by atoms with Crippen LogP contribution in [0.2, 0.25) is 0 Å². The molecular weight excluding hydrogens is 616 g/mol. The van der Waals surface area contributed by atoms with E-state index in [9.17, 15) is 14.4 Å². The Morgan fingerprint density at radius 1 is 1.15 bits per heavy atom. The molecule has 0 bridgehead atoms. The van der Waals surface area contributed by atoms with Crippen LogP contribution < -0.4 is 19.5 Å². The number of likely N-dealkylation sites (tertiary alicyclic amines) is 1. The zero-order valence-electron chi connectivity index (χ0n) is 28.8. The number of methoxy groups -OCH3 is 1. The molecule has 0 radical (unpaired) electrons. The highest BCUT2D eigenvalue weighted by Gasteiger charge is 2.48. The first-order valence-corrected chi connectivity index (χ1v) is 16.8. The van der Waals surface area contributed by atoms with Crippen molar-refractivity contribution in [3.8, 4) is 17.4 Å². The fourth-order valence-corrected chi connectivity index (χ4v) is 6.57. The molecule has 1 aromatic heterocycles. The lowest BCUT2D eigenvalue weighted by Crippen LogP contribution is -2.57. The highest BCUT2D eigenvalue weighted by atomic mass is 16.6. The minimum Gasteiger partial charge on any atom is -0.496 e. The Hall–Kier alpha value is -4.35. The van der Waals surface area contributed by atoms with Gasteiger partial charge in [-0.1, -0.05) is 26.8 Å². The molecular formula is C36H48N4O8. The van der Waals surface area contributed by atoms with E-state index in [2.05, 4.69) is 16.9 Å². The van der Waals surface area contributed by atoms with Crippen molar-refractivity contribution in [2.45, 2.75) is 97.4 Å². The number of carbonyl (C=O) groups is 3. The topological polar surface area (TPSA) is 149 Å². The van der Waals surface area contributed by atoms with Crippen molar-refractivity contribution in [2.75, 3.05) is 20.3 Å². The Morgan fingerprint density at radius 2 is 1.88 bits per heavy atom. The van der Waals surface area contributed by atoms with Crippen molar-refractivity contribution in [1.29, 1.82) is 5.41 Å². The van der Waals surface area contributed by atoms with E-state index in [1.165, 1.54) is 4.90 Å². The number of aromatic nitrogens is 1. The van der Waals surface area contributed by atoms with E-state index in [0.29, 0.717) is 35.9 Å². The van der Waals surface area contributed by atoms with Gasteiger partial charge in [0.15, 0.2) is 0 Å². The smallest absolute Gasteiger partial charge is 0.408 e. The molecule has 3 aliphatic rings. The van der Waals surface area contributed by atoms with Gasteiger partial charge in [0.25, 0.3) is 0 Å². The average Bonchev–Trinajstić information content (AvgIpc) is 3.43. The predicted molar refractivity (Wildman–Crippen MR) is 179 cm³/mol. The summed E-state index contributed by atoms with van der Waals surface area (Å²) >= 11 is 0. The van der Waals surface area contributed by atoms with Crippen molar-refractivity contribution >= 4 is 34.8 Å². The van der Waals surface area contributed by atoms with Gasteiger partial charge >= 0.3 is 12.1 Å². The van der Waals surface area contributed by atoms with Crippen molar-refractivity contribution in [2.24, 2.45) is 17.3 Å². The number of esters is 1. The van der Waals surface area contributed by atoms with Crippen LogP contribution in [0.5, 0.6) is 17.4 Å². The van der Waals surface area contributed by atoms with Gasteiger partial charge in [0.2, 0.25) is 17.7 Å². The standard InChI is InChI=1S/C36H48N4O8/c1-8-21-16-25(21)34(42)48-32(37)26-17-23(46-28-18-29(45-9-2)38-30-20(3)27(44-7)15-14-24(28)30)19-40(26)33(41)31(36(4,5)6)39-35(43)47-22-12-10-11-13-22/h8,14-15,18,21-23,25-26,31,37H,1,9-13,16-17,19H2,2-7H3,(H,39,43)/t21?,23?,25-,26-,31+/m0/s1. The number of rotatable bonds is 11. The Labute approximate surface area is 282 Å². The zero-order chi connectivity index (χ0) is 34.7. The van der Waals surface area contributed by atoms with Gasteiger partial charge in [-0.25, -0.2) is 9.78 Å². The van der Waals surface area contributed by atoms with Gasteiger partial charge in [0.1, 0.15) is 35.8 Å². The molecule has 2 saturated carbocycles. The van der Waals surface area contributed by atoms with Gasteiger partial charge in [-0.15, -0.1) is 6.58 Å². The normalized spacial score (nSPS) is 22.9. The van der Waals surface area contributed by atoms with Gasteiger partial charge < -0.3 is 33.9 Å². The highest BCUT2D eigenvalue weighted by Crippen LogP contribution is 2.41.